The molecular formula is C30H37N3O. The van der Waals surface area contributed by atoms with E-state index >= 15 is 0 Å². The molecular weight excluding hydrogens is 418 g/mol. The molecule has 0 radical (unpaired) electrons. The van der Waals surface area contributed by atoms with Gasteiger partial charge in [0.1, 0.15) is 0 Å². The van der Waals surface area contributed by atoms with Gasteiger partial charge in [0.05, 0.1) is 5.69 Å². The van der Waals surface area contributed by atoms with Crippen LogP contribution in [-0.4, -0.2) is 26.7 Å². The van der Waals surface area contributed by atoms with Crippen molar-refractivity contribution in [3.05, 3.63) is 83.9 Å². The minimum atomic E-state index is -0.128. The molecule has 3 aromatic rings. The van der Waals surface area contributed by atoms with Crippen molar-refractivity contribution in [2.45, 2.75) is 50.9 Å². The Kier molecular flexibility index (Phi) is 7.56. The molecule has 1 saturated carbocycles. The third kappa shape index (κ3) is 5.27. The fourth-order valence-corrected chi connectivity index (χ4v) is 5.22. The van der Waals surface area contributed by atoms with Gasteiger partial charge in [-0.25, -0.2) is 4.79 Å². The molecule has 0 bridgehead atoms. The van der Waals surface area contributed by atoms with E-state index in [1.54, 1.807) is 0 Å². The van der Waals surface area contributed by atoms with Gasteiger partial charge in [-0.2, -0.15) is 0 Å². The average molecular weight is 456 g/mol. The van der Waals surface area contributed by atoms with Gasteiger partial charge < -0.3 is 15.5 Å². The lowest BCUT2D eigenvalue weighted by Gasteiger charge is -2.30. The summed E-state index contributed by atoms with van der Waals surface area (Å²) in [6.45, 7) is 2.82. The van der Waals surface area contributed by atoms with Gasteiger partial charge in [0, 0.05) is 37.3 Å². The zero-order valence-corrected chi connectivity index (χ0v) is 20.7. The maximum absolute atomic E-state index is 13.2. The minimum Gasteiger partial charge on any atom is -0.378 e. The van der Waals surface area contributed by atoms with Gasteiger partial charge >= 0.3 is 6.03 Å². The topological polar surface area (TPSA) is 44.4 Å². The lowest BCUT2D eigenvalue weighted by molar-refractivity contribution is 0.248. The zero-order valence-electron chi connectivity index (χ0n) is 20.7. The number of rotatable bonds is 8. The first-order valence-corrected chi connectivity index (χ1v) is 12.5. The third-order valence-corrected chi connectivity index (χ3v) is 7.14. The summed E-state index contributed by atoms with van der Waals surface area (Å²) in [6.07, 6.45) is 6.58. The molecule has 4 nitrogen and oxygen atoms in total. The molecule has 3 aromatic carbocycles. The molecule has 178 valence electrons. The Morgan fingerprint density at radius 1 is 0.912 bits per heavy atom. The van der Waals surface area contributed by atoms with E-state index in [0.717, 1.165) is 42.5 Å². The Labute approximate surface area is 204 Å². The van der Waals surface area contributed by atoms with E-state index in [9.17, 15) is 4.79 Å². The van der Waals surface area contributed by atoms with Crippen molar-refractivity contribution in [1.82, 2.24) is 5.32 Å². The van der Waals surface area contributed by atoms with Crippen LogP contribution >= 0.6 is 0 Å². The number of hydrogen-bond acceptors (Lipinski definition) is 2. The molecule has 0 aliphatic heterocycles. The molecule has 0 unspecified atom stereocenters. The summed E-state index contributed by atoms with van der Waals surface area (Å²) in [4.78, 5) is 15.3. The summed E-state index contributed by atoms with van der Waals surface area (Å²) in [5.74, 6) is 0. The number of nitrogens with one attached hydrogen (secondary N) is 2. The monoisotopic (exact) mass is 455 g/mol. The van der Waals surface area contributed by atoms with Crippen LogP contribution in [0.2, 0.25) is 0 Å². The van der Waals surface area contributed by atoms with E-state index in [0.29, 0.717) is 6.54 Å². The summed E-state index contributed by atoms with van der Waals surface area (Å²) in [7, 11) is 4.12. The van der Waals surface area contributed by atoms with Gasteiger partial charge in [-0.15, -0.1) is 0 Å². The first-order chi connectivity index (χ1) is 16.5. The second-order valence-corrected chi connectivity index (χ2v) is 9.69. The van der Waals surface area contributed by atoms with Crippen LogP contribution < -0.4 is 15.5 Å². The van der Waals surface area contributed by atoms with Gasteiger partial charge in [-0.1, -0.05) is 86.8 Å². The highest BCUT2D eigenvalue weighted by molar-refractivity contribution is 5.95. The first-order valence-electron chi connectivity index (χ1n) is 12.5. The van der Waals surface area contributed by atoms with Crippen molar-refractivity contribution in [2.24, 2.45) is 0 Å². The first kappa shape index (κ1) is 23.9. The van der Waals surface area contributed by atoms with Crippen molar-refractivity contribution in [1.29, 1.82) is 0 Å². The standard InChI is InChI=1S/C30H37N3O/c1-4-11-24-14-10-15-27(23-12-6-5-7-13-23)28(24)32-29(34)31-22-30(20-8-9-21-30)25-16-18-26(19-17-25)33(2)3/h5-7,10,12-19H,4,8-9,11,20-22H2,1-3H3,(H2,31,32,34). The lowest BCUT2D eigenvalue weighted by atomic mass is 9.78. The van der Waals surface area contributed by atoms with E-state index in [2.05, 4.69) is 91.1 Å². The lowest BCUT2D eigenvalue weighted by Crippen LogP contribution is -2.41. The van der Waals surface area contributed by atoms with Crippen molar-refractivity contribution in [3.63, 3.8) is 0 Å². The Balaban J connectivity index is 1.53. The van der Waals surface area contributed by atoms with Crippen molar-refractivity contribution in [2.75, 3.05) is 30.9 Å². The molecule has 1 aliphatic carbocycles. The molecule has 2 amide bonds. The van der Waals surface area contributed by atoms with Crippen LogP contribution in [0.1, 0.15) is 50.2 Å². The Bertz CT molecular complexity index is 1080. The van der Waals surface area contributed by atoms with E-state index in [1.165, 1.54) is 29.7 Å². The maximum Gasteiger partial charge on any atom is 0.319 e. The van der Waals surface area contributed by atoms with Crippen LogP contribution in [0.4, 0.5) is 16.2 Å². The van der Waals surface area contributed by atoms with E-state index in [4.69, 9.17) is 0 Å². The van der Waals surface area contributed by atoms with Gasteiger partial charge in [-0.3, -0.25) is 0 Å². The Hall–Kier alpha value is -3.27. The number of amides is 2. The average Bonchev–Trinajstić information content (AvgIpc) is 3.35. The van der Waals surface area contributed by atoms with E-state index < -0.39 is 0 Å². The predicted molar refractivity (Wildman–Crippen MR) is 144 cm³/mol. The van der Waals surface area contributed by atoms with Gasteiger partial charge in [0.2, 0.25) is 0 Å². The van der Waals surface area contributed by atoms with Crippen LogP contribution in [0.3, 0.4) is 0 Å². The van der Waals surface area contributed by atoms with E-state index in [-0.39, 0.29) is 11.4 Å². The predicted octanol–water partition coefficient (Wildman–Crippen LogP) is 7.01. The van der Waals surface area contributed by atoms with Crippen LogP contribution in [0.5, 0.6) is 0 Å². The molecule has 0 aromatic heterocycles. The number of carbonyl (C=O) groups excluding carboxylic acids is 1. The number of nitrogens with zero attached hydrogens (tertiary/aromatic N) is 1. The molecule has 0 atom stereocenters. The Morgan fingerprint density at radius 3 is 2.26 bits per heavy atom. The van der Waals surface area contributed by atoms with Crippen LogP contribution in [0.15, 0.2) is 72.8 Å². The summed E-state index contributed by atoms with van der Waals surface area (Å²) < 4.78 is 0. The molecule has 0 heterocycles. The molecule has 4 heteroatoms. The highest BCUT2D eigenvalue weighted by Gasteiger charge is 2.36. The van der Waals surface area contributed by atoms with Gasteiger partial charge in [0.15, 0.2) is 0 Å². The zero-order chi connectivity index (χ0) is 24.0. The number of anilines is 2. The summed E-state index contributed by atoms with van der Waals surface area (Å²) in [6, 6.07) is 25.3. The molecule has 2 N–H and O–H groups in total. The number of aryl methyl sites for hydroxylation is 1. The summed E-state index contributed by atoms with van der Waals surface area (Å²) in [5, 5.41) is 6.46. The quantitative estimate of drug-likeness (QED) is 0.384. The molecule has 0 spiro atoms. The second kappa shape index (κ2) is 10.8. The minimum absolute atomic E-state index is 0.00732. The van der Waals surface area contributed by atoms with Crippen LogP contribution in [0.25, 0.3) is 11.1 Å². The summed E-state index contributed by atoms with van der Waals surface area (Å²) >= 11 is 0. The smallest absolute Gasteiger partial charge is 0.319 e. The number of hydrogen-bond donors (Lipinski definition) is 2. The third-order valence-electron chi connectivity index (χ3n) is 7.14. The Morgan fingerprint density at radius 2 is 1.62 bits per heavy atom. The van der Waals surface area contributed by atoms with Gasteiger partial charge in [-0.05, 0) is 48.1 Å². The van der Waals surface area contributed by atoms with Crippen molar-refractivity contribution in [3.8, 4) is 11.1 Å². The number of carbonyl (C=O) groups is 1. The number of benzene rings is 3. The summed E-state index contributed by atoms with van der Waals surface area (Å²) in [5.41, 5.74) is 6.81. The van der Waals surface area contributed by atoms with Crippen LogP contribution in [0, 0.1) is 0 Å². The normalized spacial score (nSPS) is 14.6. The van der Waals surface area contributed by atoms with Crippen LogP contribution in [-0.2, 0) is 11.8 Å². The molecule has 4 rings (SSSR count). The van der Waals surface area contributed by atoms with Crippen molar-refractivity contribution >= 4 is 17.4 Å². The maximum atomic E-state index is 13.2. The molecule has 0 saturated heterocycles. The second-order valence-electron chi connectivity index (χ2n) is 9.69. The van der Waals surface area contributed by atoms with Crippen molar-refractivity contribution < 1.29 is 4.79 Å². The fourth-order valence-electron chi connectivity index (χ4n) is 5.22. The molecule has 1 fully saturated rings. The number of urea groups is 1. The highest BCUT2D eigenvalue weighted by atomic mass is 16.2. The highest BCUT2D eigenvalue weighted by Crippen LogP contribution is 2.41. The molecule has 34 heavy (non-hydrogen) atoms. The SMILES string of the molecule is CCCc1cccc(-c2ccccc2)c1NC(=O)NCC1(c2ccc(N(C)C)cc2)CCCC1. The largest absolute Gasteiger partial charge is 0.378 e. The van der Waals surface area contributed by atoms with E-state index in [1.807, 2.05) is 18.2 Å². The van der Waals surface area contributed by atoms with Gasteiger partial charge in [0.25, 0.3) is 0 Å². The fraction of sp³-hybridized carbons (Fsp3) is 0.367. The molecule has 1 aliphatic rings. The number of para-hydroxylation sites is 1.